The quantitative estimate of drug-likeness (QED) is 0.682. The molecule has 0 heterocycles. The predicted molar refractivity (Wildman–Crippen MR) is 78.8 cm³/mol. The van der Waals surface area contributed by atoms with E-state index in [1.54, 1.807) is 0 Å². The summed E-state index contributed by atoms with van der Waals surface area (Å²) in [5.41, 5.74) is 0.972. The van der Waals surface area contributed by atoms with Crippen LogP contribution in [0.15, 0.2) is 24.3 Å². The number of hydrogen-bond acceptors (Lipinski definition) is 3. The summed E-state index contributed by atoms with van der Waals surface area (Å²) >= 11 is 0. The molecule has 1 aromatic carbocycles. The van der Waals surface area contributed by atoms with Gasteiger partial charge in [-0.05, 0) is 31.0 Å². The number of aliphatic hydroxyl groups is 1. The molecule has 0 spiro atoms. The lowest BCUT2D eigenvalue weighted by atomic mass is 10.2. The predicted octanol–water partition coefficient (Wildman–Crippen LogP) is 2.05. The first-order valence-electron chi connectivity index (χ1n) is 7.07. The largest absolute Gasteiger partial charge is 0.494 e. The summed E-state index contributed by atoms with van der Waals surface area (Å²) in [5, 5.41) is 14.9. The first-order chi connectivity index (χ1) is 9.65. The number of rotatable bonds is 8. The Balaban J connectivity index is 2.31. The van der Waals surface area contributed by atoms with Crippen LogP contribution >= 0.6 is 0 Å². The number of nitrogens with one attached hydrogen (secondary N) is 2. The van der Waals surface area contributed by atoms with Gasteiger partial charge in [0, 0.05) is 13.1 Å². The van der Waals surface area contributed by atoms with E-state index in [9.17, 15) is 9.90 Å². The maximum Gasteiger partial charge on any atom is 0.315 e. The third-order valence-corrected chi connectivity index (χ3v) is 2.78. The van der Waals surface area contributed by atoms with Gasteiger partial charge < -0.3 is 20.5 Å². The summed E-state index contributed by atoms with van der Waals surface area (Å²) in [6.45, 7) is 5.25. The fourth-order valence-corrected chi connectivity index (χ4v) is 1.80. The van der Waals surface area contributed by atoms with E-state index >= 15 is 0 Å². The molecule has 1 atom stereocenters. The molecule has 0 saturated carbocycles. The Morgan fingerprint density at radius 3 is 2.85 bits per heavy atom. The summed E-state index contributed by atoms with van der Waals surface area (Å²) in [4.78, 5) is 11.6. The molecule has 0 aliphatic carbocycles. The first kappa shape index (κ1) is 16.3. The maximum absolute atomic E-state index is 11.6. The molecule has 0 aromatic heterocycles. The number of carbonyl (C=O) groups is 1. The lowest BCUT2D eigenvalue weighted by molar-refractivity contribution is 0.160. The van der Waals surface area contributed by atoms with Gasteiger partial charge in [-0.1, -0.05) is 25.5 Å². The lowest BCUT2D eigenvalue weighted by Crippen LogP contribution is -2.39. The number of hydrogen-bond donors (Lipinski definition) is 3. The molecule has 0 radical (unpaired) electrons. The molecule has 5 nitrogen and oxygen atoms in total. The van der Waals surface area contributed by atoms with Gasteiger partial charge in [-0.15, -0.1) is 0 Å². The molecule has 0 saturated heterocycles. The van der Waals surface area contributed by atoms with Gasteiger partial charge in [0.25, 0.3) is 0 Å². The number of ether oxygens (including phenoxy) is 1. The van der Waals surface area contributed by atoms with Crippen molar-refractivity contribution in [2.75, 3.05) is 13.2 Å². The molecule has 0 aliphatic heterocycles. The highest BCUT2D eigenvalue weighted by molar-refractivity contribution is 5.73. The molecule has 20 heavy (non-hydrogen) atoms. The molecule has 1 rings (SSSR count). The van der Waals surface area contributed by atoms with Crippen LogP contribution in [0.1, 0.15) is 32.3 Å². The fourth-order valence-electron chi connectivity index (χ4n) is 1.80. The Bertz CT molecular complexity index is 410. The van der Waals surface area contributed by atoms with Crippen LogP contribution in [0.25, 0.3) is 0 Å². The number of aliphatic hydroxyl groups excluding tert-OH is 1. The maximum atomic E-state index is 11.6. The standard InChI is InChI=1S/C15H24N2O3/c1-3-6-13(18)11-17-15(19)16-10-12-7-5-8-14(9-12)20-4-2/h5,7-9,13,18H,3-4,6,10-11H2,1-2H3,(H2,16,17,19). The third-order valence-electron chi connectivity index (χ3n) is 2.78. The molecular weight excluding hydrogens is 256 g/mol. The van der Waals surface area contributed by atoms with E-state index in [0.29, 0.717) is 19.6 Å². The van der Waals surface area contributed by atoms with E-state index < -0.39 is 6.10 Å². The molecule has 3 N–H and O–H groups in total. The third kappa shape index (κ3) is 6.43. The van der Waals surface area contributed by atoms with E-state index in [-0.39, 0.29) is 12.6 Å². The van der Waals surface area contributed by atoms with Crippen LogP contribution in [-0.4, -0.2) is 30.4 Å². The van der Waals surface area contributed by atoms with Gasteiger partial charge in [0.15, 0.2) is 0 Å². The highest BCUT2D eigenvalue weighted by Gasteiger charge is 2.05. The van der Waals surface area contributed by atoms with Crippen LogP contribution in [-0.2, 0) is 6.54 Å². The fraction of sp³-hybridized carbons (Fsp3) is 0.533. The average molecular weight is 280 g/mol. The minimum absolute atomic E-state index is 0.276. The average Bonchev–Trinajstić information content (AvgIpc) is 2.44. The van der Waals surface area contributed by atoms with Gasteiger partial charge >= 0.3 is 6.03 Å². The minimum Gasteiger partial charge on any atom is -0.494 e. The van der Waals surface area contributed by atoms with Crippen molar-refractivity contribution in [3.05, 3.63) is 29.8 Å². The van der Waals surface area contributed by atoms with E-state index in [2.05, 4.69) is 10.6 Å². The van der Waals surface area contributed by atoms with Crippen LogP contribution in [0.3, 0.4) is 0 Å². The Morgan fingerprint density at radius 1 is 1.35 bits per heavy atom. The number of amides is 2. The van der Waals surface area contributed by atoms with Crippen molar-refractivity contribution < 1.29 is 14.6 Å². The minimum atomic E-state index is -0.480. The SMILES string of the molecule is CCCC(O)CNC(=O)NCc1cccc(OCC)c1. The summed E-state index contributed by atoms with van der Waals surface area (Å²) in [6, 6.07) is 7.32. The van der Waals surface area contributed by atoms with E-state index in [0.717, 1.165) is 17.7 Å². The van der Waals surface area contributed by atoms with Gasteiger partial charge in [-0.2, -0.15) is 0 Å². The Labute approximate surface area is 120 Å². The summed E-state index contributed by atoms with van der Waals surface area (Å²) in [7, 11) is 0. The molecule has 2 amide bonds. The molecule has 0 aliphatic rings. The molecule has 0 fully saturated rings. The number of benzene rings is 1. The topological polar surface area (TPSA) is 70.6 Å². The van der Waals surface area contributed by atoms with Crippen LogP contribution in [0.4, 0.5) is 4.79 Å². The zero-order chi connectivity index (χ0) is 14.8. The van der Waals surface area contributed by atoms with Crippen LogP contribution < -0.4 is 15.4 Å². The van der Waals surface area contributed by atoms with Crippen LogP contribution in [0.5, 0.6) is 5.75 Å². The van der Waals surface area contributed by atoms with Crippen molar-refractivity contribution in [1.82, 2.24) is 10.6 Å². The molecular formula is C15H24N2O3. The zero-order valence-electron chi connectivity index (χ0n) is 12.2. The van der Waals surface area contributed by atoms with Crippen molar-refractivity contribution in [2.24, 2.45) is 0 Å². The first-order valence-corrected chi connectivity index (χ1v) is 7.07. The van der Waals surface area contributed by atoms with Gasteiger partial charge in [0.1, 0.15) is 5.75 Å². The van der Waals surface area contributed by atoms with Crippen LogP contribution in [0, 0.1) is 0 Å². The second kappa shape index (κ2) is 9.20. The normalized spacial score (nSPS) is 11.8. The Hall–Kier alpha value is -1.75. The molecule has 1 aromatic rings. The van der Waals surface area contributed by atoms with E-state index in [4.69, 9.17) is 4.74 Å². The van der Waals surface area contributed by atoms with Gasteiger partial charge in [-0.3, -0.25) is 0 Å². The molecule has 0 bridgehead atoms. The highest BCUT2D eigenvalue weighted by Crippen LogP contribution is 2.12. The summed E-state index contributed by atoms with van der Waals surface area (Å²) in [5.74, 6) is 0.797. The van der Waals surface area contributed by atoms with Gasteiger partial charge in [-0.25, -0.2) is 4.79 Å². The summed E-state index contributed by atoms with van der Waals surface area (Å²) < 4.78 is 5.40. The number of carbonyl (C=O) groups excluding carboxylic acids is 1. The van der Waals surface area contributed by atoms with Gasteiger partial charge in [0.05, 0.1) is 12.7 Å². The monoisotopic (exact) mass is 280 g/mol. The van der Waals surface area contributed by atoms with E-state index in [1.165, 1.54) is 0 Å². The van der Waals surface area contributed by atoms with Crippen molar-refractivity contribution in [3.8, 4) is 5.75 Å². The second-order valence-electron chi connectivity index (χ2n) is 4.59. The number of urea groups is 1. The smallest absolute Gasteiger partial charge is 0.315 e. The molecule has 1 unspecified atom stereocenters. The van der Waals surface area contributed by atoms with Crippen molar-refractivity contribution in [2.45, 2.75) is 39.3 Å². The second-order valence-corrected chi connectivity index (χ2v) is 4.59. The van der Waals surface area contributed by atoms with Crippen molar-refractivity contribution in [3.63, 3.8) is 0 Å². The Morgan fingerprint density at radius 2 is 2.15 bits per heavy atom. The van der Waals surface area contributed by atoms with Gasteiger partial charge in [0.2, 0.25) is 0 Å². The van der Waals surface area contributed by atoms with Crippen molar-refractivity contribution in [1.29, 1.82) is 0 Å². The highest BCUT2D eigenvalue weighted by atomic mass is 16.5. The molecule has 5 heteroatoms. The Kier molecular flexibility index (Phi) is 7.50. The zero-order valence-corrected chi connectivity index (χ0v) is 12.2. The van der Waals surface area contributed by atoms with E-state index in [1.807, 2.05) is 38.1 Å². The lowest BCUT2D eigenvalue weighted by Gasteiger charge is -2.12. The molecule has 112 valence electrons. The van der Waals surface area contributed by atoms with Crippen LogP contribution in [0.2, 0.25) is 0 Å². The van der Waals surface area contributed by atoms with Crippen molar-refractivity contribution >= 4 is 6.03 Å². The summed E-state index contributed by atoms with van der Waals surface area (Å²) in [6.07, 6.45) is 1.11.